The monoisotopic (exact) mass is 246 g/mol. The maximum absolute atomic E-state index is 12.3. The van der Waals surface area contributed by atoms with E-state index in [0.29, 0.717) is 0 Å². The fourth-order valence-electron chi connectivity index (χ4n) is 1.32. The number of alkyl halides is 3. The first kappa shape index (κ1) is 13.3. The molecule has 0 saturated heterocycles. The Bertz CT molecular complexity index is 403. The molecule has 0 saturated carbocycles. The van der Waals surface area contributed by atoms with Crippen LogP contribution in [0.3, 0.4) is 0 Å². The maximum atomic E-state index is 12.3. The van der Waals surface area contributed by atoms with E-state index in [1.165, 1.54) is 18.2 Å². The second-order valence-corrected chi connectivity index (χ2v) is 3.42. The van der Waals surface area contributed by atoms with Gasteiger partial charge in [-0.05, 0) is 19.1 Å². The van der Waals surface area contributed by atoms with Gasteiger partial charge in [0.1, 0.15) is 23.9 Å². The second-order valence-electron chi connectivity index (χ2n) is 3.42. The number of anilines is 1. The molecule has 17 heavy (non-hydrogen) atoms. The van der Waals surface area contributed by atoms with Crippen LogP contribution in [-0.4, -0.2) is 30.1 Å². The number of amidine groups is 1. The smallest absolute Gasteiger partial charge is 0.382 e. The molecule has 0 radical (unpaired) electrons. The first-order valence-corrected chi connectivity index (χ1v) is 4.96. The molecule has 0 aromatic carbocycles. The highest BCUT2D eigenvalue weighted by molar-refractivity contribution is 5.93. The summed E-state index contributed by atoms with van der Waals surface area (Å²) in [5.41, 5.74) is 5.40. The first-order valence-electron chi connectivity index (χ1n) is 4.96. The van der Waals surface area contributed by atoms with E-state index in [1.54, 1.807) is 6.92 Å². The van der Waals surface area contributed by atoms with Crippen molar-refractivity contribution in [3.8, 4) is 0 Å². The minimum absolute atomic E-state index is 0.164. The second kappa shape index (κ2) is 5.03. The Morgan fingerprint density at radius 1 is 1.47 bits per heavy atom. The van der Waals surface area contributed by atoms with Crippen molar-refractivity contribution in [3.63, 3.8) is 0 Å². The summed E-state index contributed by atoms with van der Waals surface area (Å²) in [7, 11) is 0. The standard InChI is InChI=1S/C10H13F3N4/c1-2-17(6-10(11,12)13)8-5-3-4-7(16-8)9(14)15/h3-5H,2,6H2,1H3,(H3,14,15). The summed E-state index contributed by atoms with van der Waals surface area (Å²) < 4.78 is 36.9. The lowest BCUT2D eigenvalue weighted by Crippen LogP contribution is -2.35. The van der Waals surface area contributed by atoms with Gasteiger partial charge >= 0.3 is 6.18 Å². The molecule has 0 spiro atoms. The molecular formula is C10H13F3N4. The molecule has 0 atom stereocenters. The molecule has 0 bridgehead atoms. The van der Waals surface area contributed by atoms with Crippen molar-refractivity contribution in [1.82, 2.24) is 4.98 Å². The fourth-order valence-corrected chi connectivity index (χ4v) is 1.32. The summed E-state index contributed by atoms with van der Waals surface area (Å²) >= 11 is 0. The highest BCUT2D eigenvalue weighted by Crippen LogP contribution is 2.20. The summed E-state index contributed by atoms with van der Waals surface area (Å²) in [6.07, 6.45) is -4.29. The first-order chi connectivity index (χ1) is 7.83. The number of hydrogen-bond donors (Lipinski definition) is 2. The molecule has 3 N–H and O–H groups in total. The van der Waals surface area contributed by atoms with Gasteiger partial charge in [-0.2, -0.15) is 13.2 Å². The number of nitrogen functional groups attached to an aromatic ring is 1. The zero-order valence-corrected chi connectivity index (χ0v) is 9.25. The lowest BCUT2D eigenvalue weighted by molar-refractivity contribution is -0.119. The van der Waals surface area contributed by atoms with Gasteiger partial charge in [-0.15, -0.1) is 0 Å². The van der Waals surface area contributed by atoms with Gasteiger partial charge < -0.3 is 10.6 Å². The molecule has 1 heterocycles. The number of halogens is 3. The molecule has 7 heteroatoms. The third-order valence-corrected chi connectivity index (χ3v) is 2.09. The van der Waals surface area contributed by atoms with Crippen LogP contribution < -0.4 is 10.6 Å². The molecule has 1 aromatic heterocycles. The lowest BCUT2D eigenvalue weighted by atomic mass is 10.3. The van der Waals surface area contributed by atoms with Crippen molar-refractivity contribution in [2.45, 2.75) is 13.1 Å². The van der Waals surface area contributed by atoms with Crippen LogP contribution >= 0.6 is 0 Å². The number of nitrogens with two attached hydrogens (primary N) is 1. The zero-order valence-electron chi connectivity index (χ0n) is 9.25. The van der Waals surface area contributed by atoms with E-state index in [9.17, 15) is 13.2 Å². The number of pyridine rings is 1. The van der Waals surface area contributed by atoms with Gasteiger partial charge in [-0.1, -0.05) is 6.07 Å². The van der Waals surface area contributed by atoms with Crippen molar-refractivity contribution in [1.29, 1.82) is 5.41 Å². The number of aromatic nitrogens is 1. The molecule has 0 amide bonds. The third-order valence-electron chi connectivity index (χ3n) is 2.09. The summed E-state index contributed by atoms with van der Waals surface area (Å²) in [5.74, 6) is -0.104. The predicted octanol–water partition coefficient (Wildman–Crippen LogP) is 1.75. The number of hydrogen-bond acceptors (Lipinski definition) is 3. The molecule has 1 rings (SSSR count). The van der Waals surface area contributed by atoms with E-state index in [4.69, 9.17) is 11.1 Å². The van der Waals surface area contributed by atoms with Crippen LogP contribution in [0.15, 0.2) is 18.2 Å². The molecule has 0 unspecified atom stereocenters. The Morgan fingerprint density at radius 3 is 2.59 bits per heavy atom. The van der Waals surface area contributed by atoms with E-state index in [0.717, 1.165) is 4.90 Å². The number of rotatable bonds is 4. The van der Waals surface area contributed by atoms with E-state index in [2.05, 4.69) is 4.98 Å². The van der Waals surface area contributed by atoms with Crippen molar-refractivity contribution in [2.75, 3.05) is 18.0 Å². The predicted molar refractivity (Wildman–Crippen MR) is 59.2 cm³/mol. The Hall–Kier alpha value is -1.79. The molecule has 94 valence electrons. The highest BCUT2D eigenvalue weighted by atomic mass is 19.4. The summed E-state index contributed by atoms with van der Waals surface area (Å²) in [6.45, 7) is 0.708. The summed E-state index contributed by atoms with van der Waals surface area (Å²) in [4.78, 5) is 4.98. The Balaban J connectivity index is 2.96. The molecule has 0 fully saturated rings. The fraction of sp³-hybridized carbons (Fsp3) is 0.400. The molecule has 0 aliphatic heterocycles. The Morgan fingerprint density at radius 2 is 2.12 bits per heavy atom. The van der Waals surface area contributed by atoms with Gasteiger partial charge in [0.15, 0.2) is 0 Å². The lowest BCUT2D eigenvalue weighted by Gasteiger charge is -2.23. The zero-order chi connectivity index (χ0) is 13.1. The van der Waals surface area contributed by atoms with Crippen molar-refractivity contribution >= 4 is 11.7 Å². The van der Waals surface area contributed by atoms with Crippen molar-refractivity contribution < 1.29 is 13.2 Å². The van der Waals surface area contributed by atoms with Crippen molar-refractivity contribution in [3.05, 3.63) is 23.9 Å². The van der Waals surface area contributed by atoms with Crippen LogP contribution in [0.5, 0.6) is 0 Å². The maximum Gasteiger partial charge on any atom is 0.405 e. The summed E-state index contributed by atoms with van der Waals surface area (Å²) in [6, 6.07) is 4.47. The van der Waals surface area contributed by atoms with Crippen molar-refractivity contribution in [2.24, 2.45) is 5.73 Å². The largest absolute Gasteiger partial charge is 0.405 e. The van der Waals surface area contributed by atoms with Gasteiger partial charge in [0, 0.05) is 6.54 Å². The topological polar surface area (TPSA) is 66.0 Å². The molecular weight excluding hydrogens is 233 g/mol. The highest BCUT2D eigenvalue weighted by Gasteiger charge is 2.30. The van der Waals surface area contributed by atoms with Gasteiger partial charge in [-0.3, -0.25) is 5.41 Å². The van der Waals surface area contributed by atoms with Gasteiger partial charge in [0.05, 0.1) is 0 Å². The Kier molecular flexibility index (Phi) is 3.93. The van der Waals surface area contributed by atoms with Crippen LogP contribution in [0.2, 0.25) is 0 Å². The minimum Gasteiger partial charge on any atom is -0.382 e. The van der Waals surface area contributed by atoms with Gasteiger partial charge in [-0.25, -0.2) is 4.98 Å². The summed E-state index contributed by atoms with van der Waals surface area (Å²) in [5, 5.41) is 7.18. The third kappa shape index (κ3) is 3.93. The van der Waals surface area contributed by atoms with Crippen LogP contribution in [0.4, 0.5) is 19.0 Å². The van der Waals surface area contributed by atoms with Gasteiger partial charge in [0.2, 0.25) is 0 Å². The number of nitrogens with one attached hydrogen (secondary N) is 1. The van der Waals surface area contributed by atoms with E-state index < -0.39 is 12.7 Å². The normalized spacial score (nSPS) is 11.3. The number of nitrogens with zero attached hydrogens (tertiary/aromatic N) is 2. The van der Waals surface area contributed by atoms with E-state index in [1.807, 2.05) is 0 Å². The van der Waals surface area contributed by atoms with Crippen LogP contribution in [0.25, 0.3) is 0 Å². The van der Waals surface area contributed by atoms with Crippen LogP contribution in [0, 0.1) is 5.41 Å². The van der Waals surface area contributed by atoms with Crippen LogP contribution in [0.1, 0.15) is 12.6 Å². The Labute approximate surface area is 96.8 Å². The molecule has 0 aliphatic rings. The molecule has 0 aliphatic carbocycles. The quantitative estimate of drug-likeness (QED) is 0.628. The minimum atomic E-state index is -4.29. The van der Waals surface area contributed by atoms with E-state index in [-0.39, 0.29) is 23.9 Å². The average Bonchev–Trinajstić information content (AvgIpc) is 2.25. The van der Waals surface area contributed by atoms with Gasteiger partial charge in [0.25, 0.3) is 0 Å². The SMILES string of the molecule is CCN(CC(F)(F)F)c1cccc(C(=N)N)n1. The average molecular weight is 246 g/mol. The molecule has 1 aromatic rings. The van der Waals surface area contributed by atoms with E-state index >= 15 is 0 Å². The van der Waals surface area contributed by atoms with Crippen LogP contribution in [-0.2, 0) is 0 Å². The molecule has 4 nitrogen and oxygen atoms in total.